The van der Waals surface area contributed by atoms with Crippen molar-refractivity contribution in [1.82, 2.24) is 9.62 Å². The van der Waals surface area contributed by atoms with Crippen LogP contribution < -0.4 is 10.5 Å². The smallest absolute Gasteiger partial charge is 0.242 e. The van der Waals surface area contributed by atoms with Crippen molar-refractivity contribution in [3.8, 4) is 0 Å². The third kappa shape index (κ3) is 3.56. The number of aryl methyl sites for hydroxylation is 1. The summed E-state index contributed by atoms with van der Waals surface area (Å²) in [4.78, 5) is 2.44. The summed E-state index contributed by atoms with van der Waals surface area (Å²) in [6, 6.07) is 3.77. The van der Waals surface area contributed by atoms with Crippen LogP contribution in [0.4, 0.5) is 5.69 Å². The predicted octanol–water partition coefficient (Wildman–Crippen LogP) is 1.65. The van der Waals surface area contributed by atoms with Gasteiger partial charge in [0.25, 0.3) is 0 Å². The van der Waals surface area contributed by atoms with Crippen LogP contribution in [-0.2, 0) is 10.0 Å². The zero-order valence-electron chi connectivity index (χ0n) is 13.0. The van der Waals surface area contributed by atoms with Gasteiger partial charge in [0.2, 0.25) is 10.0 Å². The molecule has 0 aromatic heterocycles. The number of rotatable bonds is 4. The molecule has 3 N–H and O–H groups in total. The van der Waals surface area contributed by atoms with Gasteiger partial charge in [-0.2, -0.15) is 0 Å². The Hall–Kier alpha value is -1.11. The fourth-order valence-corrected chi connectivity index (χ4v) is 4.35. The van der Waals surface area contributed by atoms with Gasteiger partial charge in [-0.05, 0) is 57.5 Å². The van der Waals surface area contributed by atoms with E-state index in [1.165, 1.54) is 6.42 Å². The van der Waals surface area contributed by atoms with Crippen molar-refractivity contribution in [3.63, 3.8) is 0 Å². The number of nitrogens with two attached hydrogens (primary N) is 1. The molecule has 1 aromatic carbocycles. The van der Waals surface area contributed by atoms with Gasteiger partial charge in [0, 0.05) is 12.6 Å². The number of anilines is 1. The monoisotopic (exact) mass is 311 g/mol. The summed E-state index contributed by atoms with van der Waals surface area (Å²) in [7, 11) is -1.52. The van der Waals surface area contributed by atoms with Gasteiger partial charge in [-0.25, -0.2) is 13.1 Å². The highest BCUT2D eigenvalue weighted by Crippen LogP contribution is 2.25. The van der Waals surface area contributed by atoms with Crippen LogP contribution >= 0.6 is 0 Å². The minimum absolute atomic E-state index is 0.223. The number of hydrogen-bond acceptors (Lipinski definition) is 4. The lowest BCUT2D eigenvalue weighted by Gasteiger charge is -2.32. The number of sulfonamides is 1. The molecule has 0 spiro atoms. The third-order valence-electron chi connectivity index (χ3n) is 4.41. The first kappa shape index (κ1) is 16.3. The fraction of sp³-hybridized carbons (Fsp3) is 0.600. The summed E-state index contributed by atoms with van der Waals surface area (Å²) < 4.78 is 27.9. The van der Waals surface area contributed by atoms with Gasteiger partial charge in [0.05, 0.1) is 5.69 Å². The number of piperidine rings is 1. The second kappa shape index (κ2) is 6.34. The Kier molecular flexibility index (Phi) is 4.91. The first-order valence-electron chi connectivity index (χ1n) is 7.38. The van der Waals surface area contributed by atoms with Gasteiger partial charge in [0.15, 0.2) is 0 Å². The molecule has 0 bridgehead atoms. The Bertz CT molecular complexity index is 614. The van der Waals surface area contributed by atoms with Crippen molar-refractivity contribution < 1.29 is 8.42 Å². The van der Waals surface area contributed by atoms with Crippen LogP contribution in [0, 0.1) is 13.8 Å². The van der Waals surface area contributed by atoms with Crippen LogP contribution in [0.2, 0.25) is 0 Å². The molecule has 2 rings (SSSR count). The lowest BCUT2D eigenvalue weighted by Crippen LogP contribution is -2.44. The SMILES string of the molecule is Cc1ccc(N)c(S(=O)(=O)NCC2CCCCN2C)c1C. The molecule has 0 radical (unpaired) electrons. The molecule has 1 unspecified atom stereocenters. The second-order valence-electron chi connectivity index (χ2n) is 5.91. The van der Waals surface area contributed by atoms with Gasteiger partial charge in [-0.1, -0.05) is 12.5 Å². The first-order valence-corrected chi connectivity index (χ1v) is 8.87. The van der Waals surface area contributed by atoms with E-state index in [0.717, 1.165) is 30.5 Å². The molecule has 0 saturated carbocycles. The molecule has 5 nitrogen and oxygen atoms in total. The average molecular weight is 311 g/mol. The van der Waals surface area contributed by atoms with Gasteiger partial charge in [-0.15, -0.1) is 0 Å². The molecule has 118 valence electrons. The Balaban J connectivity index is 2.17. The second-order valence-corrected chi connectivity index (χ2v) is 7.61. The van der Waals surface area contributed by atoms with Crippen LogP contribution in [0.3, 0.4) is 0 Å². The maximum Gasteiger partial charge on any atom is 0.242 e. The number of hydrogen-bond donors (Lipinski definition) is 2. The number of likely N-dealkylation sites (N-methyl/N-ethyl adjacent to an activating group) is 1. The van der Waals surface area contributed by atoms with Gasteiger partial charge >= 0.3 is 0 Å². The fourth-order valence-electron chi connectivity index (χ4n) is 2.85. The quantitative estimate of drug-likeness (QED) is 0.829. The highest BCUT2D eigenvalue weighted by Gasteiger charge is 2.24. The van der Waals surface area contributed by atoms with Crippen molar-refractivity contribution in [2.75, 3.05) is 25.9 Å². The molecule has 1 saturated heterocycles. The molecule has 21 heavy (non-hydrogen) atoms. The highest BCUT2D eigenvalue weighted by atomic mass is 32.2. The topological polar surface area (TPSA) is 75.4 Å². The van der Waals surface area contributed by atoms with Crippen molar-refractivity contribution in [3.05, 3.63) is 23.3 Å². The summed E-state index contributed by atoms with van der Waals surface area (Å²) in [6.45, 7) is 5.15. The summed E-state index contributed by atoms with van der Waals surface area (Å²) >= 11 is 0. The molecule has 1 atom stereocenters. The minimum atomic E-state index is -3.57. The van der Waals surface area contributed by atoms with Crippen molar-refractivity contribution in [2.45, 2.75) is 44.0 Å². The van der Waals surface area contributed by atoms with E-state index in [4.69, 9.17) is 5.73 Å². The number of nitrogen functional groups attached to an aromatic ring is 1. The summed E-state index contributed by atoms with van der Waals surface area (Å²) in [5.74, 6) is 0. The molecule has 0 aliphatic carbocycles. The Morgan fingerprint density at radius 1 is 1.33 bits per heavy atom. The number of nitrogens with one attached hydrogen (secondary N) is 1. The first-order chi connectivity index (χ1) is 9.83. The summed E-state index contributed by atoms with van der Waals surface area (Å²) in [6.07, 6.45) is 3.37. The molecule has 1 aliphatic heterocycles. The molecule has 1 aliphatic rings. The van der Waals surface area contributed by atoms with Crippen LogP contribution in [0.5, 0.6) is 0 Å². The largest absolute Gasteiger partial charge is 0.398 e. The van der Waals surface area contributed by atoms with E-state index in [9.17, 15) is 8.42 Å². The summed E-state index contributed by atoms with van der Waals surface area (Å²) in [5, 5.41) is 0. The van der Waals surface area contributed by atoms with Gasteiger partial charge < -0.3 is 10.6 Å². The zero-order valence-corrected chi connectivity index (χ0v) is 13.8. The van der Waals surface area contributed by atoms with Crippen LogP contribution in [0.15, 0.2) is 17.0 Å². The molecule has 1 aromatic rings. The van der Waals surface area contributed by atoms with Crippen molar-refractivity contribution in [1.29, 1.82) is 0 Å². The van der Waals surface area contributed by atoms with Crippen LogP contribution in [0.1, 0.15) is 30.4 Å². The molecular formula is C15H25N3O2S. The van der Waals surface area contributed by atoms with Crippen molar-refractivity contribution in [2.24, 2.45) is 0 Å². The predicted molar refractivity (Wildman–Crippen MR) is 85.8 cm³/mol. The van der Waals surface area contributed by atoms with Crippen molar-refractivity contribution >= 4 is 15.7 Å². The number of likely N-dealkylation sites (tertiary alicyclic amines) is 1. The average Bonchev–Trinajstić information content (AvgIpc) is 2.42. The lowest BCUT2D eigenvalue weighted by molar-refractivity contribution is 0.187. The highest BCUT2D eigenvalue weighted by molar-refractivity contribution is 7.89. The van der Waals surface area contributed by atoms with E-state index in [2.05, 4.69) is 9.62 Å². The number of benzene rings is 1. The van der Waals surface area contributed by atoms with E-state index in [0.29, 0.717) is 12.2 Å². The van der Waals surface area contributed by atoms with E-state index in [1.54, 1.807) is 13.0 Å². The molecule has 6 heteroatoms. The lowest BCUT2D eigenvalue weighted by atomic mass is 10.0. The van der Waals surface area contributed by atoms with Gasteiger partial charge in [0.1, 0.15) is 4.90 Å². The Morgan fingerprint density at radius 3 is 2.71 bits per heavy atom. The number of nitrogens with zero attached hydrogens (tertiary/aromatic N) is 1. The Morgan fingerprint density at radius 2 is 2.05 bits per heavy atom. The summed E-state index contributed by atoms with van der Waals surface area (Å²) in [5.41, 5.74) is 7.84. The van der Waals surface area contributed by atoms with E-state index in [-0.39, 0.29) is 10.9 Å². The third-order valence-corrected chi connectivity index (χ3v) is 6.03. The standard InChI is InChI=1S/C15H25N3O2S/c1-11-7-8-14(16)15(12(11)2)21(19,20)17-10-13-6-4-5-9-18(13)3/h7-8,13,17H,4-6,9-10,16H2,1-3H3. The van der Waals surface area contributed by atoms with Crippen LogP contribution in [-0.4, -0.2) is 39.5 Å². The maximum atomic E-state index is 12.6. The normalized spacial score (nSPS) is 20.6. The Labute approximate surface area is 127 Å². The molecule has 1 fully saturated rings. The van der Waals surface area contributed by atoms with E-state index < -0.39 is 10.0 Å². The zero-order chi connectivity index (χ0) is 15.6. The van der Waals surface area contributed by atoms with Crippen LogP contribution in [0.25, 0.3) is 0 Å². The maximum absolute atomic E-state index is 12.6. The minimum Gasteiger partial charge on any atom is -0.398 e. The molecule has 1 heterocycles. The van der Waals surface area contributed by atoms with E-state index >= 15 is 0 Å². The molecule has 0 amide bonds. The van der Waals surface area contributed by atoms with Gasteiger partial charge in [-0.3, -0.25) is 0 Å². The molecular weight excluding hydrogens is 286 g/mol. The van der Waals surface area contributed by atoms with E-state index in [1.807, 2.05) is 20.0 Å².